The number of anilines is 2. The summed E-state index contributed by atoms with van der Waals surface area (Å²) >= 11 is 11.6. The molecule has 4 nitrogen and oxygen atoms in total. The molecule has 110 valence electrons. The molecule has 0 aliphatic carbocycles. The lowest BCUT2D eigenvalue weighted by molar-refractivity contribution is -0.118. The van der Waals surface area contributed by atoms with Gasteiger partial charge >= 0.3 is 0 Å². The average Bonchev–Trinajstić information content (AvgIpc) is 2.40. The van der Waals surface area contributed by atoms with Crippen LogP contribution in [0.15, 0.2) is 36.4 Å². The lowest BCUT2D eigenvalue weighted by Crippen LogP contribution is -2.20. The molecule has 3 N–H and O–H groups in total. The number of nitrogens with two attached hydrogens (primary N) is 1. The van der Waals surface area contributed by atoms with Crippen LogP contribution in [0.2, 0.25) is 10.0 Å². The van der Waals surface area contributed by atoms with Crippen LogP contribution in [-0.4, -0.2) is 12.5 Å². The summed E-state index contributed by atoms with van der Waals surface area (Å²) in [5.74, 6) is -0.587. The molecule has 2 aromatic rings. The van der Waals surface area contributed by atoms with E-state index in [1.54, 1.807) is 6.07 Å². The summed E-state index contributed by atoms with van der Waals surface area (Å²) in [5, 5.41) is 3.35. The van der Waals surface area contributed by atoms with Crippen molar-refractivity contribution in [2.24, 2.45) is 0 Å². The molecule has 0 radical (unpaired) electrons. The van der Waals surface area contributed by atoms with Gasteiger partial charge in [-0.2, -0.15) is 0 Å². The van der Waals surface area contributed by atoms with Crippen molar-refractivity contribution < 1.29 is 13.9 Å². The molecule has 0 aromatic heterocycles. The van der Waals surface area contributed by atoms with Gasteiger partial charge in [-0.3, -0.25) is 4.79 Å². The molecule has 7 heteroatoms. The van der Waals surface area contributed by atoms with Crippen molar-refractivity contribution in [3.05, 3.63) is 52.3 Å². The van der Waals surface area contributed by atoms with Crippen LogP contribution in [0.5, 0.6) is 5.75 Å². The Morgan fingerprint density at radius 2 is 1.86 bits per heavy atom. The lowest BCUT2D eigenvalue weighted by atomic mass is 10.2. The number of rotatable bonds is 4. The minimum absolute atomic E-state index is 0.0460. The zero-order valence-corrected chi connectivity index (χ0v) is 12.2. The maximum atomic E-state index is 13.0. The van der Waals surface area contributed by atoms with Gasteiger partial charge in [0.25, 0.3) is 5.91 Å². The molecular weight excluding hydrogens is 318 g/mol. The third-order valence-corrected chi connectivity index (χ3v) is 2.92. The Bertz CT molecular complexity index is 660. The quantitative estimate of drug-likeness (QED) is 0.840. The van der Waals surface area contributed by atoms with E-state index in [1.807, 2.05) is 0 Å². The van der Waals surface area contributed by atoms with Crippen molar-refractivity contribution in [1.29, 1.82) is 0 Å². The fourth-order valence-corrected chi connectivity index (χ4v) is 2.09. The van der Waals surface area contributed by atoms with Gasteiger partial charge in [0.05, 0.1) is 5.69 Å². The van der Waals surface area contributed by atoms with E-state index in [0.717, 1.165) is 0 Å². The number of carbonyl (C=O) groups excluding carboxylic acids is 1. The zero-order valence-electron chi connectivity index (χ0n) is 10.7. The molecule has 0 aliphatic rings. The van der Waals surface area contributed by atoms with Crippen molar-refractivity contribution in [1.82, 2.24) is 0 Å². The molecule has 1 amide bonds. The number of nitrogen functional groups attached to an aromatic ring is 1. The third kappa shape index (κ3) is 4.51. The summed E-state index contributed by atoms with van der Waals surface area (Å²) in [4.78, 5) is 11.7. The molecule has 0 heterocycles. The van der Waals surface area contributed by atoms with E-state index in [-0.39, 0.29) is 12.3 Å². The van der Waals surface area contributed by atoms with Crippen LogP contribution in [0, 0.1) is 5.82 Å². The predicted octanol–water partition coefficient (Wildman–Crippen LogP) is 3.73. The van der Waals surface area contributed by atoms with Crippen LogP contribution < -0.4 is 15.8 Å². The predicted molar refractivity (Wildman–Crippen MR) is 81.4 cm³/mol. The maximum Gasteiger partial charge on any atom is 0.262 e. The third-order valence-electron chi connectivity index (χ3n) is 2.49. The fourth-order valence-electron chi connectivity index (χ4n) is 1.58. The van der Waals surface area contributed by atoms with Crippen LogP contribution >= 0.6 is 23.2 Å². The van der Waals surface area contributed by atoms with Crippen molar-refractivity contribution in [3.8, 4) is 5.75 Å². The summed E-state index contributed by atoms with van der Waals surface area (Å²) < 4.78 is 18.3. The highest BCUT2D eigenvalue weighted by Crippen LogP contribution is 2.24. The monoisotopic (exact) mass is 328 g/mol. The minimum atomic E-state index is -0.544. The standard InChI is InChI=1S/C14H11Cl2FN2O2/c15-8-3-9(16)5-11(4-8)21-7-14(20)19-10-1-2-12(17)13(18)6-10/h1-6H,7,18H2,(H,19,20). The van der Waals surface area contributed by atoms with E-state index < -0.39 is 11.7 Å². The number of hydrogen-bond acceptors (Lipinski definition) is 3. The van der Waals surface area contributed by atoms with E-state index in [9.17, 15) is 9.18 Å². The molecule has 0 spiro atoms. The first-order valence-electron chi connectivity index (χ1n) is 5.88. The summed E-state index contributed by atoms with van der Waals surface area (Å²) in [7, 11) is 0. The normalized spacial score (nSPS) is 10.2. The van der Waals surface area contributed by atoms with Crippen LogP contribution in [-0.2, 0) is 4.79 Å². The van der Waals surface area contributed by atoms with Crippen molar-refractivity contribution in [3.63, 3.8) is 0 Å². The highest BCUT2D eigenvalue weighted by atomic mass is 35.5. The van der Waals surface area contributed by atoms with Gasteiger partial charge in [-0.05, 0) is 36.4 Å². The first-order chi connectivity index (χ1) is 9.94. The highest BCUT2D eigenvalue weighted by molar-refractivity contribution is 6.34. The Kier molecular flexibility index (Phi) is 4.88. The Hall–Kier alpha value is -1.98. The lowest BCUT2D eigenvalue weighted by Gasteiger charge is -2.09. The van der Waals surface area contributed by atoms with Gasteiger partial charge < -0.3 is 15.8 Å². The summed E-state index contributed by atoms with van der Waals surface area (Å²) in [6.07, 6.45) is 0. The molecular formula is C14H11Cl2FN2O2. The molecule has 0 atom stereocenters. The topological polar surface area (TPSA) is 64.3 Å². The van der Waals surface area contributed by atoms with E-state index >= 15 is 0 Å². The van der Waals surface area contributed by atoms with Crippen molar-refractivity contribution in [2.45, 2.75) is 0 Å². The Morgan fingerprint density at radius 1 is 1.19 bits per heavy atom. The molecule has 2 rings (SSSR count). The van der Waals surface area contributed by atoms with Crippen molar-refractivity contribution >= 4 is 40.5 Å². The molecule has 0 saturated carbocycles. The van der Waals surface area contributed by atoms with Crippen LogP contribution in [0.3, 0.4) is 0 Å². The van der Waals surface area contributed by atoms with Gasteiger partial charge in [0.15, 0.2) is 6.61 Å². The number of amides is 1. The highest BCUT2D eigenvalue weighted by Gasteiger charge is 2.07. The molecule has 0 aliphatic heterocycles. The van der Waals surface area contributed by atoms with Crippen LogP contribution in [0.4, 0.5) is 15.8 Å². The molecule has 21 heavy (non-hydrogen) atoms. The number of carbonyl (C=O) groups is 1. The molecule has 0 bridgehead atoms. The van der Waals surface area contributed by atoms with Crippen LogP contribution in [0.25, 0.3) is 0 Å². The largest absolute Gasteiger partial charge is 0.484 e. The number of nitrogens with one attached hydrogen (secondary N) is 1. The van der Waals surface area contributed by atoms with Gasteiger partial charge in [-0.1, -0.05) is 23.2 Å². The van der Waals surface area contributed by atoms with Crippen molar-refractivity contribution in [2.75, 3.05) is 17.7 Å². The summed E-state index contributed by atoms with van der Waals surface area (Å²) in [6.45, 7) is -0.242. The molecule has 2 aromatic carbocycles. The number of benzene rings is 2. The number of ether oxygens (including phenoxy) is 1. The Balaban J connectivity index is 1.94. The number of hydrogen-bond donors (Lipinski definition) is 2. The van der Waals surface area contributed by atoms with E-state index in [2.05, 4.69) is 5.32 Å². The fraction of sp³-hybridized carbons (Fsp3) is 0.0714. The van der Waals surface area contributed by atoms with Gasteiger partial charge in [0, 0.05) is 15.7 Å². The Labute approximate surface area is 130 Å². The van der Waals surface area contributed by atoms with Crippen LogP contribution in [0.1, 0.15) is 0 Å². The number of halogens is 3. The zero-order chi connectivity index (χ0) is 15.4. The van der Waals surface area contributed by atoms with Gasteiger partial charge in [0.1, 0.15) is 11.6 Å². The SMILES string of the molecule is Nc1cc(NC(=O)COc2cc(Cl)cc(Cl)c2)ccc1F. The van der Waals surface area contributed by atoms with E-state index in [0.29, 0.717) is 21.5 Å². The maximum absolute atomic E-state index is 13.0. The Morgan fingerprint density at radius 3 is 2.48 bits per heavy atom. The van der Waals surface area contributed by atoms with E-state index in [4.69, 9.17) is 33.7 Å². The summed E-state index contributed by atoms with van der Waals surface area (Å²) in [6, 6.07) is 8.52. The first kappa shape index (κ1) is 15.4. The average molecular weight is 329 g/mol. The molecule has 0 fully saturated rings. The summed E-state index contributed by atoms with van der Waals surface area (Å²) in [5.41, 5.74) is 5.74. The second-order valence-corrected chi connectivity index (χ2v) is 5.05. The van der Waals surface area contributed by atoms with Gasteiger partial charge in [0.2, 0.25) is 0 Å². The first-order valence-corrected chi connectivity index (χ1v) is 6.63. The van der Waals surface area contributed by atoms with Gasteiger partial charge in [-0.25, -0.2) is 4.39 Å². The molecule has 0 unspecified atom stereocenters. The minimum Gasteiger partial charge on any atom is -0.484 e. The van der Waals surface area contributed by atoms with Gasteiger partial charge in [-0.15, -0.1) is 0 Å². The second kappa shape index (κ2) is 6.65. The molecule has 0 saturated heterocycles. The second-order valence-electron chi connectivity index (χ2n) is 4.18. The van der Waals surface area contributed by atoms with E-state index in [1.165, 1.54) is 30.3 Å². The smallest absolute Gasteiger partial charge is 0.262 e.